The SMILES string of the molecule is CC1=C(C)C[C@](C(=O)O[C@@H]2C[C@H](C)CC[C@H]2C(C)C)(c2ccccc2)[S@@](=O)C1. The molecule has 1 aromatic carbocycles. The lowest BCUT2D eigenvalue weighted by Gasteiger charge is -2.41. The van der Waals surface area contributed by atoms with Crippen LogP contribution in [0.5, 0.6) is 0 Å². The van der Waals surface area contributed by atoms with Gasteiger partial charge in [0.2, 0.25) is 0 Å². The Kier molecular flexibility index (Phi) is 6.48. The molecular formula is C24H34O3S. The molecule has 0 bridgehead atoms. The third-order valence-corrected chi connectivity index (χ3v) is 8.79. The Labute approximate surface area is 172 Å². The highest BCUT2D eigenvalue weighted by atomic mass is 32.2. The van der Waals surface area contributed by atoms with Crippen LogP contribution in [0, 0.1) is 17.8 Å². The fourth-order valence-corrected chi connectivity index (χ4v) is 6.65. The highest BCUT2D eigenvalue weighted by Crippen LogP contribution is 2.43. The van der Waals surface area contributed by atoms with Gasteiger partial charge in [0.1, 0.15) is 6.10 Å². The molecule has 0 radical (unpaired) electrons. The zero-order valence-corrected chi connectivity index (χ0v) is 18.7. The topological polar surface area (TPSA) is 43.4 Å². The first-order chi connectivity index (χ1) is 13.3. The fourth-order valence-electron chi connectivity index (χ4n) is 4.75. The predicted molar refractivity (Wildman–Crippen MR) is 115 cm³/mol. The lowest BCUT2D eigenvalue weighted by molar-refractivity contribution is -0.159. The molecule has 154 valence electrons. The summed E-state index contributed by atoms with van der Waals surface area (Å²) in [5, 5.41) is 0. The first kappa shape index (κ1) is 21.3. The van der Waals surface area contributed by atoms with E-state index < -0.39 is 15.5 Å². The van der Waals surface area contributed by atoms with Crippen LogP contribution in [0.4, 0.5) is 0 Å². The average molecular weight is 403 g/mol. The zero-order chi connectivity index (χ0) is 20.5. The number of ether oxygens (including phenoxy) is 1. The smallest absolute Gasteiger partial charge is 0.330 e. The van der Waals surface area contributed by atoms with Gasteiger partial charge in [0.05, 0.1) is 0 Å². The van der Waals surface area contributed by atoms with E-state index in [1.165, 1.54) is 6.42 Å². The van der Waals surface area contributed by atoms with Crippen LogP contribution in [0.3, 0.4) is 0 Å². The maximum atomic E-state index is 13.7. The monoisotopic (exact) mass is 402 g/mol. The minimum absolute atomic E-state index is 0.0823. The second-order valence-corrected chi connectivity index (χ2v) is 10.9. The van der Waals surface area contributed by atoms with E-state index in [2.05, 4.69) is 27.7 Å². The second kappa shape index (κ2) is 8.52. The molecule has 0 saturated heterocycles. The van der Waals surface area contributed by atoms with Crippen LogP contribution < -0.4 is 0 Å². The largest absolute Gasteiger partial charge is 0.461 e. The number of carbonyl (C=O) groups is 1. The summed E-state index contributed by atoms with van der Waals surface area (Å²) in [5.74, 6) is 1.54. The van der Waals surface area contributed by atoms with Gasteiger partial charge in [0.15, 0.2) is 4.75 Å². The molecule has 0 amide bonds. The Balaban J connectivity index is 1.97. The van der Waals surface area contributed by atoms with Gasteiger partial charge in [0.25, 0.3) is 0 Å². The van der Waals surface area contributed by atoms with Crippen molar-refractivity contribution in [3.8, 4) is 0 Å². The molecule has 0 N–H and O–H groups in total. The lowest BCUT2D eigenvalue weighted by Crippen LogP contribution is -2.48. The molecule has 3 rings (SSSR count). The Morgan fingerprint density at radius 3 is 2.46 bits per heavy atom. The second-order valence-electron chi connectivity index (χ2n) is 9.19. The van der Waals surface area contributed by atoms with E-state index in [4.69, 9.17) is 4.74 Å². The van der Waals surface area contributed by atoms with Crippen LogP contribution in [0.15, 0.2) is 41.5 Å². The van der Waals surface area contributed by atoms with E-state index in [1.54, 1.807) is 0 Å². The maximum absolute atomic E-state index is 13.7. The first-order valence-electron chi connectivity index (χ1n) is 10.6. The van der Waals surface area contributed by atoms with Gasteiger partial charge in [0, 0.05) is 23.0 Å². The third-order valence-electron chi connectivity index (χ3n) is 6.77. The van der Waals surface area contributed by atoms with E-state index >= 15 is 0 Å². The van der Waals surface area contributed by atoms with Gasteiger partial charge in [-0.25, -0.2) is 0 Å². The summed E-state index contributed by atoms with van der Waals surface area (Å²) >= 11 is 0. The highest BCUT2D eigenvalue weighted by molar-refractivity contribution is 7.87. The average Bonchev–Trinajstić information content (AvgIpc) is 2.65. The molecule has 1 aromatic rings. The van der Waals surface area contributed by atoms with Crippen LogP contribution in [0.25, 0.3) is 0 Å². The number of esters is 1. The van der Waals surface area contributed by atoms with Crippen molar-refractivity contribution >= 4 is 16.8 Å². The van der Waals surface area contributed by atoms with E-state index in [-0.39, 0.29) is 12.1 Å². The molecule has 1 aliphatic heterocycles. The Morgan fingerprint density at radius 1 is 1.14 bits per heavy atom. The van der Waals surface area contributed by atoms with Crippen molar-refractivity contribution in [1.82, 2.24) is 0 Å². The van der Waals surface area contributed by atoms with Crippen molar-refractivity contribution in [3.63, 3.8) is 0 Å². The van der Waals surface area contributed by atoms with Crippen molar-refractivity contribution in [1.29, 1.82) is 0 Å². The number of hydrogen-bond donors (Lipinski definition) is 0. The van der Waals surface area contributed by atoms with Gasteiger partial charge >= 0.3 is 5.97 Å². The fraction of sp³-hybridized carbons (Fsp3) is 0.625. The van der Waals surface area contributed by atoms with Gasteiger partial charge in [-0.1, -0.05) is 68.7 Å². The van der Waals surface area contributed by atoms with Crippen molar-refractivity contribution in [2.45, 2.75) is 71.2 Å². The number of carbonyl (C=O) groups excluding carboxylic acids is 1. The minimum Gasteiger partial charge on any atom is -0.461 e. The van der Waals surface area contributed by atoms with Gasteiger partial charge in [-0.2, -0.15) is 0 Å². The molecular weight excluding hydrogens is 368 g/mol. The van der Waals surface area contributed by atoms with E-state index in [0.29, 0.717) is 29.9 Å². The highest BCUT2D eigenvalue weighted by Gasteiger charge is 2.51. The van der Waals surface area contributed by atoms with Gasteiger partial charge < -0.3 is 4.74 Å². The van der Waals surface area contributed by atoms with E-state index in [1.807, 2.05) is 37.3 Å². The normalized spacial score (nSPS) is 33.8. The summed E-state index contributed by atoms with van der Waals surface area (Å²) in [7, 11) is -1.34. The summed E-state index contributed by atoms with van der Waals surface area (Å²) in [4.78, 5) is 13.7. The summed E-state index contributed by atoms with van der Waals surface area (Å²) in [6.07, 6.45) is 3.58. The summed E-state index contributed by atoms with van der Waals surface area (Å²) in [6, 6.07) is 9.62. The molecule has 1 saturated carbocycles. The van der Waals surface area contributed by atoms with Crippen LogP contribution in [0.2, 0.25) is 0 Å². The van der Waals surface area contributed by atoms with Gasteiger partial charge in [-0.3, -0.25) is 9.00 Å². The predicted octanol–water partition coefficient (Wildman–Crippen LogP) is 5.37. The van der Waals surface area contributed by atoms with Crippen molar-refractivity contribution in [3.05, 3.63) is 47.0 Å². The minimum atomic E-state index is -1.34. The van der Waals surface area contributed by atoms with Gasteiger partial charge in [-0.05, 0) is 50.0 Å². The van der Waals surface area contributed by atoms with Crippen molar-refractivity contribution in [2.24, 2.45) is 17.8 Å². The first-order valence-corrected chi connectivity index (χ1v) is 11.9. The van der Waals surface area contributed by atoms with E-state index in [0.717, 1.165) is 29.6 Å². The van der Waals surface area contributed by atoms with Crippen LogP contribution in [-0.2, 0) is 25.1 Å². The Hall–Kier alpha value is -1.42. The summed E-state index contributed by atoms with van der Waals surface area (Å²) in [6.45, 7) is 10.7. The molecule has 1 aliphatic carbocycles. The molecule has 28 heavy (non-hydrogen) atoms. The lowest BCUT2D eigenvalue weighted by atomic mass is 9.75. The molecule has 4 heteroatoms. The van der Waals surface area contributed by atoms with Crippen molar-refractivity contribution in [2.75, 3.05) is 5.75 Å². The quantitative estimate of drug-likeness (QED) is 0.502. The van der Waals surface area contributed by atoms with Crippen LogP contribution >= 0.6 is 0 Å². The summed E-state index contributed by atoms with van der Waals surface area (Å²) in [5.41, 5.74) is 3.09. The Bertz CT molecular complexity index is 767. The van der Waals surface area contributed by atoms with Gasteiger partial charge in [-0.15, -0.1) is 0 Å². The molecule has 3 nitrogen and oxygen atoms in total. The Morgan fingerprint density at radius 2 is 1.82 bits per heavy atom. The zero-order valence-electron chi connectivity index (χ0n) is 17.9. The molecule has 0 aromatic heterocycles. The molecule has 1 fully saturated rings. The number of benzene rings is 1. The molecule has 5 atom stereocenters. The van der Waals surface area contributed by atoms with Crippen LogP contribution in [-0.4, -0.2) is 22.0 Å². The summed E-state index contributed by atoms with van der Waals surface area (Å²) < 4.78 is 18.6. The maximum Gasteiger partial charge on any atom is 0.330 e. The van der Waals surface area contributed by atoms with Crippen LogP contribution in [0.1, 0.15) is 65.9 Å². The third kappa shape index (κ3) is 3.98. The number of rotatable bonds is 4. The standard InChI is InChI=1S/C24H34O3S/c1-16(2)21-12-11-17(3)13-22(21)27-23(25)24(20-9-7-6-8-10-20)14-18(4)19(5)15-28(24)26/h6-10,16-17,21-22H,11-15H2,1-5H3/t17-,21+,22-,24-,28+/m1/s1. The molecule has 0 unspecified atom stereocenters. The van der Waals surface area contributed by atoms with E-state index in [9.17, 15) is 9.00 Å². The molecule has 1 heterocycles. The molecule has 2 aliphatic rings. The van der Waals surface area contributed by atoms with Crippen molar-refractivity contribution < 1.29 is 13.7 Å². The number of hydrogen-bond acceptors (Lipinski definition) is 3. The number of allylic oxidation sites excluding steroid dienone is 1. The molecule has 0 spiro atoms.